The van der Waals surface area contributed by atoms with Crippen molar-refractivity contribution >= 4 is 11.3 Å². The van der Waals surface area contributed by atoms with Gasteiger partial charge in [0.05, 0.1) is 5.69 Å². The van der Waals surface area contributed by atoms with Crippen molar-refractivity contribution in [2.45, 2.75) is 19.4 Å². The summed E-state index contributed by atoms with van der Waals surface area (Å²) in [6.07, 6.45) is 1.54. The summed E-state index contributed by atoms with van der Waals surface area (Å²) < 4.78 is 5.20. The number of aryl methyl sites for hydroxylation is 1. The zero-order valence-corrected chi connectivity index (χ0v) is 8.84. The minimum Gasteiger partial charge on any atom is -0.445 e. The number of aromatic nitrogens is 1. The van der Waals surface area contributed by atoms with Gasteiger partial charge in [0.1, 0.15) is 6.26 Å². The fourth-order valence-corrected chi connectivity index (χ4v) is 2.00. The highest BCUT2D eigenvalue weighted by molar-refractivity contribution is 7.08. The molecule has 2 heterocycles. The highest BCUT2D eigenvalue weighted by atomic mass is 32.1. The van der Waals surface area contributed by atoms with Gasteiger partial charge < -0.3 is 9.52 Å². The predicted molar refractivity (Wildman–Crippen MR) is 54.2 cm³/mol. The third-order valence-corrected chi connectivity index (χ3v) is 2.80. The molecule has 0 bridgehead atoms. The van der Waals surface area contributed by atoms with Crippen LogP contribution in [0.5, 0.6) is 0 Å². The molecule has 4 heteroatoms. The van der Waals surface area contributed by atoms with Crippen molar-refractivity contribution in [2.75, 3.05) is 0 Å². The van der Waals surface area contributed by atoms with Crippen LogP contribution in [0.4, 0.5) is 0 Å². The normalized spacial score (nSPS) is 15.4. The number of thiophene rings is 1. The van der Waals surface area contributed by atoms with E-state index in [4.69, 9.17) is 4.42 Å². The summed E-state index contributed by atoms with van der Waals surface area (Å²) in [4.78, 5) is 4.13. The summed E-state index contributed by atoms with van der Waals surface area (Å²) in [6, 6.07) is 1.87. The Kier molecular flexibility index (Phi) is 2.17. The monoisotopic (exact) mass is 209 g/mol. The molecule has 0 aliphatic carbocycles. The third kappa shape index (κ3) is 1.47. The van der Waals surface area contributed by atoms with E-state index in [1.165, 1.54) is 17.6 Å². The zero-order valence-electron chi connectivity index (χ0n) is 8.02. The van der Waals surface area contributed by atoms with Crippen LogP contribution in [-0.4, -0.2) is 10.1 Å². The number of hydrogen-bond donors (Lipinski definition) is 1. The second-order valence-electron chi connectivity index (χ2n) is 3.38. The van der Waals surface area contributed by atoms with Crippen LogP contribution in [0.25, 0.3) is 0 Å². The van der Waals surface area contributed by atoms with Crippen LogP contribution in [0, 0.1) is 6.92 Å². The van der Waals surface area contributed by atoms with Crippen molar-refractivity contribution in [3.63, 3.8) is 0 Å². The van der Waals surface area contributed by atoms with E-state index in [9.17, 15) is 5.11 Å². The summed E-state index contributed by atoms with van der Waals surface area (Å²) in [5, 5.41) is 14.0. The number of rotatable bonds is 2. The van der Waals surface area contributed by atoms with Crippen LogP contribution < -0.4 is 0 Å². The molecule has 14 heavy (non-hydrogen) atoms. The van der Waals surface area contributed by atoms with E-state index in [1.54, 1.807) is 6.92 Å². The van der Waals surface area contributed by atoms with Crippen molar-refractivity contribution < 1.29 is 9.52 Å². The van der Waals surface area contributed by atoms with E-state index >= 15 is 0 Å². The van der Waals surface area contributed by atoms with E-state index < -0.39 is 5.60 Å². The molecule has 1 atom stereocenters. The van der Waals surface area contributed by atoms with E-state index in [2.05, 4.69) is 4.98 Å². The van der Waals surface area contributed by atoms with E-state index in [-0.39, 0.29) is 0 Å². The largest absolute Gasteiger partial charge is 0.445 e. The van der Waals surface area contributed by atoms with Crippen LogP contribution in [0.3, 0.4) is 0 Å². The van der Waals surface area contributed by atoms with E-state index in [1.807, 2.05) is 23.8 Å². The molecule has 1 unspecified atom stereocenters. The quantitative estimate of drug-likeness (QED) is 0.825. The van der Waals surface area contributed by atoms with Crippen LogP contribution in [-0.2, 0) is 5.60 Å². The lowest BCUT2D eigenvalue weighted by Gasteiger charge is -2.17. The summed E-state index contributed by atoms with van der Waals surface area (Å²) in [5.74, 6) is 0.341. The summed E-state index contributed by atoms with van der Waals surface area (Å²) in [7, 11) is 0. The number of hydrogen-bond acceptors (Lipinski definition) is 4. The molecule has 0 fully saturated rings. The fourth-order valence-electron chi connectivity index (χ4n) is 1.24. The van der Waals surface area contributed by atoms with Crippen molar-refractivity contribution in [3.8, 4) is 0 Å². The number of aliphatic hydroxyl groups is 1. The predicted octanol–water partition coefficient (Wildman–Crippen LogP) is 2.30. The van der Waals surface area contributed by atoms with Crippen LogP contribution in [0.15, 0.2) is 27.5 Å². The molecule has 0 aliphatic heterocycles. The van der Waals surface area contributed by atoms with E-state index in [0.717, 1.165) is 11.3 Å². The molecule has 2 aromatic rings. The van der Waals surface area contributed by atoms with Gasteiger partial charge in [-0.15, -0.1) is 0 Å². The molecule has 0 radical (unpaired) electrons. The first kappa shape index (κ1) is 9.43. The first-order valence-corrected chi connectivity index (χ1v) is 5.22. The molecule has 1 N–H and O–H groups in total. The molecule has 0 amide bonds. The van der Waals surface area contributed by atoms with Gasteiger partial charge in [0.25, 0.3) is 0 Å². The average molecular weight is 209 g/mol. The maximum atomic E-state index is 10.2. The Bertz CT molecular complexity index is 417. The minimum atomic E-state index is -1.13. The molecule has 74 valence electrons. The Hall–Kier alpha value is -1.13. The maximum absolute atomic E-state index is 10.2. The van der Waals surface area contributed by atoms with Crippen molar-refractivity contribution in [3.05, 3.63) is 40.2 Å². The molecular weight excluding hydrogens is 198 g/mol. The smallest absolute Gasteiger partial charge is 0.230 e. The van der Waals surface area contributed by atoms with Gasteiger partial charge in [0.2, 0.25) is 5.89 Å². The van der Waals surface area contributed by atoms with Crippen molar-refractivity contribution in [1.82, 2.24) is 4.98 Å². The second kappa shape index (κ2) is 3.22. The topological polar surface area (TPSA) is 46.3 Å². The fraction of sp³-hybridized carbons (Fsp3) is 0.300. The third-order valence-electron chi connectivity index (χ3n) is 2.12. The Labute approximate surface area is 86.0 Å². The SMILES string of the molecule is Cc1coc(C(C)(O)c2ccsc2)n1. The molecule has 0 saturated carbocycles. The van der Waals surface area contributed by atoms with Gasteiger partial charge in [-0.3, -0.25) is 0 Å². The van der Waals surface area contributed by atoms with Gasteiger partial charge in [0, 0.05) is 5.56 Å². The Morgan fingerprint density at radius 3 is 2.86 bits per heavy atom. The van der Waals surface area contributed by atoms with Crippen LogP contribution in [0.1, 0.15) is 24.1 Å². The van der Waals surface area contributed by atoms with Gasteiger partial charge in [-0.25, -0.2) is 4.98 Å². The van der Waals surface area contributed by atoms with Crippen molar-refractivity contribution in [1.29, 1.82) is 0 Å². The minimum absolute atomic E-state index is 0.341. The van der Waals surface area contributed by atoms with Gasteiger partial charge in [0.15, 0.2) is 5.60 Å². The highest BCUT2D eigenvalue weighted by Gasteiger charge is 2.31. The van der Waals surface area contributed by atoms with Crippen LogP contribution in [0.2, 0.25) is 0 Å². The standard InChI is InChI=1S/C10H11NO2S/c1-7-5-13-9(11-7)10(2,12)8-3-4-14-6-8/h3-6,12H,1-2H3. The Morgan fingerprint density at radius 1 is 1.57 bits per heavy atom. The molecule has 2 aromatic heterocycles. The summed E-state index contributed by atoms with van der Waals surface area (Å²) >= 11 is 1.54. The van der Waals surface area contributed by atoms with Crippen LogP contribution >= 0.6 is 11.3 Å². The number of oxazole rings is 1. The number of nitrogens with zero attached hydrogens (tertiary/aromatic N) is 1. The maximum Gasteiger partial charge on any atom is 0.230 e. The lowest BCUT2D eigenvalue weighted by molar-refractivity contribution is 0.0712. The molecule has 0 aromatic carbocycles. The van der Waals surface area contributed by atoms with E-state index in [0.29, 0.717) is 5.89 Å². The lowest BCUT2D eigenvalue weighted by atomic mass is 9.99. The highest BCUT2D eigenvalue weighted by Crippen LogP contribution is 2.29. The molecule has 0 saturated heterocycles. The summed E-state index contributed by atoms with van der Waals surface area (Å²) in [6.45, 7) is 3.51. The first-order valence-electron chi connectivity index (χ1n) is 4.28. The van der Waals surface area contributed by atoms with Gasteiger partial charge >= 0.3 is 0 Å². The molecule has 0 aliphatic rings. The van der Waals surface area contributed by atoms with Crippen molar-refractivity contribution in [2.24, 2.45) is 0 Å². The Balaban J connectivity index is 2.42. The molecule has 0 spiro atoms. The first-order chi connectivity index (χ1) is 6.60. The zero-order chi connectivity index (χ0) is 10.2. The Morgan fingerprint density at radius 2 is 2.36 bits per heavy atom. The second-order valence-corrected chi connectivity index (χ2v) is 4.16. The lowest BCUT2D eigenvalue weighted by Crippen LogP contribution is -2.22. The molecular formula is C10H11NO2S. The molecule has 3 nitrogen and oxygen atoms in total. The van der Waals surface area contributed by atoms with Gasteiger partial charge in [-0.2, -0.15) is 11.3 Å². The van der Waals surface area contributed by atoms with Gasteiger partial charge in [-0.1, -0.05) is 0 Å². The molecule has 2 rings (SSSR count). The van der Waals surface area contributed by atoms with Gasteiger partial charge in [-0.05, 0) is 30.7 Å². The summed E-state index contributed by atoms with van der Waals surface area (Å²) in [5.41, 5.74) is 0.453. The average Bonchev–Trinajstić information content (AvgIpc) is 2.72.